The lowest BCUT2D eigenvalue weighted by Gasteiger charge is -2.15. The van der Waals surface area contributed by atoms with Gasteiger partial charge in [0.1, 0.15) is 6.23 Å². The second-order valence-corrected chi connectivity index (χ2v) is 2.79. The van der Waals surface area contributed by atoms with Crippen LogP contribution in [0.15, 0.2) is 24.5 Å². The van der Waals surface area contributed by atoms with Crippen LogP contribution in [0.1, 0.15) is 20.1 Å². The van der Waals surface area contributed by atoms with E-state index >= 15 is 0 Å². The van der Waals surface area contributed by atoms with Crippen LogP contribution in [0, 0.1) is 5.92 Å². The van der Waals surface area contributed by atoms with Crippen molar-refractivity contribution in [3.05, 3.63) is 24.5 Å². The molecule has 10 heavy (non-hydrogen) atoms. The van der Waals surface area contributed by atoms with Gasteiger partial charge in [-0.25, -0.2) is 0 Å². The molecule has 56 valence electrons. The summed E-state index contributed by atoms with van der Waals surface area (Å²) in [4.78, 5) is 0. The number of aliphatic hydroxyl groups is 1. The first-order chi connectivity index (χ1) is 4.72. The number of nitrogens with zero attached hydrogens (tertiary/aromatic N) is 1. The van der Waals surface area contributed by atoms with Crippen LogP contribution in [-0.4, -0.2) is 9.67 Å². The summed E-state index contributed by atoms with van der Waals surface area (Å²) >= 11 is 0. The maximum Gasteiger partial charge on any atom is 0.132 e. The highest BCUT2D eigenvalue weighted by molar-refractivity contribution is 4.91. The van der Waals surface area contributed by atoms with Gasteiger partial charge < -0.3 is 9.67 Å². The van der Waals surface area contributed by atoms with Crippen LogP contribution in [-0.2, 0) is 0 Å². The first-order valence-electron chi connectivity index (χ1n) is 3.52. The minimum Gasteiger partial charge on any atom is -0.373 e. The van der Waals surface area contributed by atoms with Gasteiger partial charge in [0.25, 0.3) is 0 Å². The van der Waals surface area contributed by atoms with E-state index in [0.717, 1.165) is 0 Å². The monoisotopic (exact) mass is 139 g/mol. The van der Waals surface area contributed by atoms with E-state index in [1.807, 2.05) is 38.4 Å². The zero-order valence-electron chi connectivity index (χ0n) is 6.36. The van der Waals surface area contributed by atoms with Gasteiger partial charge in [0.05, 0.1) is 0 Å². The predicted molar refractivity (Wildman–Crippen MR) is 40.5 cm³/mol. The summed E-state index contributed by atoms with van der Waals surface area (Å²) in [5.74, 6) is 0.271. The molecule has 0 unspecified atom stereocenters. The number of hydrogen-bond donors (Lipinski definition) is 1. The topological polar surface area (TPSA) is 25.2 Å². The van der Waals surface area contributed by atoms with E-state index < -0.39 is 0 Å². The Kier molecular flexibility index (Phi) is 2.12. The zero-order chi connectivity index (χ0) is 7.56. The van der Waals surface area contributed by atoms with Gasteiger partial charge in [0, 0.05) is 12.4 Å². The van der Waals surface area contributed by atoms with Gasteiger partial charge in [-0.15, -0.1) is 0 Å². The molecule has 0 bridgehead atoms. The largest absolute Gasteiger partial charge is 0.373 e. The fourth-order valence-electron chi connectivity index (χ4n) is 0.868. The normalized spacial score (nSPS) is 14.0. The minimum absolute atomic E-state index is 0.271. The average molecular weight is 139 g/mol. The number of rotatable bonds is 2. The van der Waals surface area contributed by atoms with Crippen molar-refractivity contribution < 1.29 is 5.11 Å². The van der Waals surface area contributed by atoms with Gasteiger partial charge in [-0.3, -0.25) is 0 Å². The SMILES string of the molecule is CC(C)[C@@H](O)n1cccc1. The molecule has 0 spiro atoms. The van der Waals surface area contributed by atoms with Gasteiger partial charge in [-0.05, 0) is 18.1 Å². The molecule has 0 aliphatic heterocycles. The van der Waals surface area contributed by atoms with Crippen molar-refractivity contribution in [1.82, 2.24) is 4.57 Å². The molecule has 0 saturated heterocycles. The molecular formula is C8H13NO. The summed E-state index contributed by atoms with van der Waals surface area (Å²) in [5.41, 5.74) is 0. The Morgan fingerprint density at radius 3 is 2.10 bits per heavy atom. The van der Waals surface area contributed by atoms with Crippen LogP contribution in [0.4, 0.5) is 0 Å². The molecule has 0 aliphatic rings. The van der Waals surface area contributed by atoms with Gasteiger partial charge in [-0.2, -0.15) is 0 Å². The molecule has 0 radical (unpaired) electrons. The van der Waals surface area contributed by atoms with Crippen LogP contribution in [0.3, 0.4) is 0 Å². The molecule has 1 aromatic rings. The Hall–Kier alpha value is -0.760. The second-order valence-electron chi connectivity index (χ2n) is 2.79. The molecule has 1 atom stereocenters. The molecule has 0 fully saturated rings. The van der Waals surface area contributed by atoms with Crippen molar-refractivity contribution in [2.45, 2.75) is 20.1 Å². The van der Waals surface area contributed by atoms with Gasteiger partial charge in [0.2, 0.25) is 0 Å². The first-order valence-corrected chi connectivity index (χ1v) is 3.52. The summed E-state index contributed by atoms with van der Waals surface area (Å²) in [6, 6.07) is 3.82. The Bertz CT molecular complexity index is 179. The summed E-state index contributed by atoms with van der Waals surface area (Å²) in [7, 11) is 0. The highest BCUT2D eigenvalue weighted by Gasteiger charge is 2.08. The van der Waals surface area contributed by atoms with E-state index in [1.165, 1.54) is 0 Å². The molecule has 1 rings (SSSR count). The molecule has 2 heteroatoms. The van der Waals surface area contributed by atoms with Crippen LogP contribution >= 0.6 is 0 Å². The predicted octanol–water partition coefficient (Wildman–Crippen LogP) is 1.64. The average Bonchev–Trinajstić information content (AvgIpc) is 2.36. The first kappa shape index (κ1) is 7.35. The summed E-state index contributed by atoms with van der Waals surface area (Å²) < 4.78 is 1.80. The standard InChI is InChI=1S/C8H13NO/c1-7(2)8(10)9-5-3-4-6-9/h3-8,10H,1-2H3/t8-/m1/s1. The lowest BCUT2D eigenvalue weighted by atomic mass is 10.2. The second kappa shape index (κ2) is 2.88. The van der Waals surface area contributed by atoms with Gasteiger partial charge >= 0.3 is 0 Å². The molecule has 1 aromatic heterocycles. The highest BCUT2D eigenvalue weighted by atomic mass is 16.3. The lowest BCUT2D eigenvalue weighted by molar-refractivity contribution is 0.0571. The van der Waals surface area contributed by atoms with Gasteiger partial charge in [0.15, 0.2) is 0 Å². The molecule has 2 nitrogen and oxygen atoms in total. The van der Waals surface area contributed by atoms with Crippen molar-refractivity contribution in [1.29, 1.82) is 0 Å². The van der Waals surface area contributed by atoms with Crippen molar-refractivity contribution in [2.75, 3.05) is 0 Å². The Morgan fingerprint density at radius 2 is 1.70 bits per heavy atom. The van der Waals surface area contributed by atoms with Crippen LogP contribution in [0.2, 0.25) is 0 Å². The summed E-state index contributed by atoms with van der Waals surface area (Å²) in [5, 5.41) is 9.45. The maximum atomic E-state index is 9.45. The lowest BCUT2D eigenvalue weighted by Crippen LogP contribution is -2.11. The van der Waals surface area contributed by atoms with Crippen LogP contribution < -0.4 is 0 Å². The molecule has 0 aliphatic carbocycles. The van der Waals surface area contributed by atoms with E-state index in [9.17, 15) is 5.11 Å². The Morgan fingerprint density at radius 1 is 1.20 bits per heavy atom. The Labute approximate surface area is 61.1 Å². The molecule has 0 amide bonds. The molecule has 1 N–H and O–H groups in total. The van der Waals surface area contributed by atoms with E-state index in [-0.39, 0.29) is 12.1 Å². The van der Waals surface area contributed by atoms with E-state index in [2.05, 4.69) is 0 Å². The van der Waals surface area contributed by atoms with Crippen LogP contribution in [0.25, 0.3) is 0 Å². The van der Waals surface area contributed by atoms with Crippen molar-refractivity contribution >= 4 is 0 Å². The highest BCUT2D eigenvalue weighted by Crippen LogP contribution is 2.12. The van der Waals surface area contributed by atoms with Crippen molar-refractivity contribution in [3.63, 3.8) is 0 Å². The third-order valence-corrected chi connectivity index (χ3v) is 1.53. The van der Waals surface area contributed by atoms with Crippen molar-refractivity contribution in [2.24, 2.45) is 5.92 Å². The minimum atomic E-state index is -0.380. The third-order valence-electron chi connectivity index (χ3n) is 1.53. The molecule has 0 aromatic carbocycles. The third kappa shape index (κ3) is 1.39. The summed E-state index contributed by atoms with van der Waals surface area (Å²) in [6.45, 7) is 3.98. The van der Waals surface area contributed by atoms with Crippen LogP contribution in [0.5, 0.6) is 0 Å². The van der Waals surface area contributed by atoms with Crippen molar-refractivity contribution in [3.8, 4) is 0 Å². The zero-order valence-corrected chi connectivity index (χ0v) is 6.36. The van der Waals surface area contributed by atoms with E-state index in [0.29, 0.717) is 0 Å². The van der Waals surface area contributed by atoms with E-state index in [4.69, 9.17) is 0 Å². The molecule has 0 saturated carbocycles. The molecular weight excluding hydrogens is 126 g/mol. The number of hydrogen-bond acceptors (Lipinski definition) is 1. The molecule has 1 heterocycles. The number of aliphatic hydroxyl groups excluding tert-OH is 1. The quantitative estimate of drug-likeness (QED) is 0.662. The Balaban J connectivity index is 2.68. The maximum absolute atomic E-state index is 9.45. The fourth-order valence-corrected chi connectivity index (χ4v) is 0.868. The summed E-state index contributed by atoms with van der Waals surface area (Å²) in [6.07, 6.45) is 3.35. The smallest absolute Gasteiger partial charge is 0.132 e. The van der Waals surface area contributed by atoms with E-state index in [1.54, 1.807) is 4.57 Å². The van der Waals surface area contributed by atoms with Gasteiger partial charge in [-0.1, -0.05) is 13.8 Å². The fraction of sp³-hybridized carbons (Fsp3) is 0.500. The number of aromatic nitrogens is 1.